The molecule has 7 aromatic carbocycles. The average Bonchev–Trinajstić information content (AvgIpc) is 3.81. The molecule has 0 spiro atoms. The smallest absolute Gasteiger partial charge is 0.227 e. The highest BCUT2D eigenvalue weighted by Crippen LogP contribution is 2.36. The normalized spacial score (nSPS) is 11.5. The summed E-state index contributed by atoms with van der Waals surface area (Å²) >= 11 is 0. The van der Waals surface area contributed by atoms with Crippen LogP contribution in [0.5, 0.6) is 0 Å². The quantitative estimate of drug-likeness (QED) is 0.176. The first-order valence-electron chi connectivity index (χ1n) is 17.2. The van der Waals surface area contributed by atoms with Crippen molar-refractivity contribution in [3.8, 4) is 62.4 Å². The monoisotopic (exact) mass is 667 g/mol. The molecule has 0 amide bonds. The molecule has 6 heteroatoms. The number of hydrogen-bond donors (Lipinski definition) is 0. The molecular formula is C46H29N5O. The van der Waals surface area contributed by atoms with Crippen molar-refractivity contribution >= 4 is 32.9 Å². The molecule has 6 nitrogen and oxygen atoms in total. The SMILES string of the molecule is c1ccc(-c2ccc3c(c2)c2ccccc2n3-c2cccc(-c3nc4cc(-c5nc(-c6ccccc6)nc(-c6ccccc6)n5)ccc4o3)c2)cc1. The lowest BCUT2D eigenvalue weighted by atomic mass is 10.0. The molecular weight excluding hydrogens is 639 g/mol. The van der Waals surface area contributed by atoms with Crippen LogP contribution < -0.4 is 0 Å². The summed E-state index contributed by atoms with van der Waals surface area (Å²) in [5, 5.41) is 2.42. The van der Waals surface area contributed by atoms with Gasteiger partial charge >= 0.3 is 0 Å². The van der Waals surface area contributed by atoms with Gasteiger partial charge in [0.15, 0.2) is 23.1 Å². The first kappa shape index (κ1) is 29.7. The highest BCUT2D eigenvalue weighted by Gasteiger charge is 2.17. The number of nitrogens with zero attached hydrogens (tertiary/aromatic N) is 5. The van der Waals surface area contributed by atoms with Crippen LogP contribution in [0, 0.1) is 0 Å². The third-order valence-electron chi connectivity index (χ3n) is 9.48. The molecule has 0 N–H and O–H groups in total. The standard InChI is InChI=1S/C46H29N5O/c1-4-13-30(14-5-1)33-23-25-41-38(28-33)37-21-10-11-22-40(37)51(41)36-20-12-19-35(27-36)46-47-39-29-34(24-26-42(39)52-46)45-49-43(31-15-6-2-7-16-31)48-44(50-45)32-17-8-3-9-18-32/h1-29H. The van der Waals surface area contributed by atoms with E-state index >= 15 is 0 Å². The molecule has 0 saturated carbocycles. The number of benzene rings is 7. The highest BCUT2D eigenvalue weighted by molar-refractivity contribution is 6.10. The second-order valence-electron chi connectivity index (χ2n) is 12.7. The van der Waals surface area contributed by atoms with Crippen LogP contribution >= 0.6 is 0 Å². The Balaban J connectivity index is 1.05. The molecule has 0 atom stereocenters. The van der Waals surface area contributed by atoms with E-state index in [1.807, 2.05) is 84.9 Å². The van der Waals surface area contributed by atoms with Gasteiger partial charge in [-0.05, 0) is 65.7 Å². The minimum atomic E-state index is 0.548. The number of rotatable bonds is 6. The van der Waals surface area contributed by atoms with Crippen molar-refractivity contribution in [2.24, 2.45) is 0 Å². The zero-order valence-electron chi connectivity index (χ0n) is 27.9. The Bertz CT molecular complexity index is 2840. The molecule has 10 aromatic rings. The van der Waals surface area contributed by atoms with Crippen molar-refractivity contribution in [2.45, 2.75) is 0 Å². The van der Waals surface area contributed by atoms with Crippen molar-refractivity contribution in [3.63, 3.8) is 0 Å². The van der Waals surface area contributed by atoms with Gasteiger partial charge in [-0.1, -0.05) is 121 Å². The molecule has 3 aromatic heterocycles. The van der Waals surface area contributed by atoms with Crippen molar-refractivity contribution in [3.05, 3.63) is 176 Å². The molecule has 0 radical (unpaired) electrons. The largest absolute Gasteiger partial charge is 0.436 e. The maximum Gasteiger partial charge on any atom is 0.227 e. The molecule has 0 fully saturated rings. The second-order valence-corrected chi connectivity index (χ2v) is 12.7. The van der Waals surface area contributed by atoms with Gasteiger partial charge in [0.1, 0.15) is 5.52 Å². The molecule has 0 saturated heterocycles. The van der Waals surface area contributed by atoms with Crippen LogP contribution in [0.2, 0.25) is 0 Å². The van der Waals surface area contributed by atoms with E-state index in [0.717, 1.165) is 44.5 Å². The van der Waals surface area contributed by atoms with E-state index in [1.54, 1.807) is 0 Å². The minimum Gasteiger partial charge on any atom is -0.436 e. The Morgan fingerprint density at radius 3 is 1.65 bits per heavy atom. The highest BCUT2D eigenvalue weighted by atomic mass is 16.3. The van der Waals surface area contributed by atoms with E-state index in [9.17, 15) is 0 Å². The van der Waals surface area contributed by atoms with Crippen LogP contribution in [0.15, 0.2) is 180 Å². The first-order chi connectivity index (χ1) is 25.7. The van der Waals surface area contributed by atoms with Crippen LogP contribution in [0.1, 0.15) is 0 Å². The Morgan fingerprint density at radius 2 is 0.942 bits per heavy atom. The summed E-state index contributed by atoms with van der Waals surface area (Å²) in [6.07, 6.45) is 0. The summed E-state index contributed by atoms with van der Waals surface area (Å²) in [5.41, 5.74) is 10.7. The summed E-state index contributed by atoms with van der Waals surface area (Å²) < 4.78 is 8.69. The number of aromatic nitrogens is 5. The van der Waals surface area contributed by atoms with Crippen LogP contribution in [-0.2, 0) is 0 Å². The van der Waals surface area contributed by atoms with Crippen LogP contribution in [0.3, 0.4) is 0 Å². The van der Waals surface area contributed by atoms with Gasteiger partial charge in [-0.15, -0.1) is 0 Å². The summed E-state index contributed by atoms with van der Waals surface area (Å²) in [4.78, 5) is 19.6. The number of fused-ring (bicyclic) bond motifs is 4. The van der Waals surface area contributed by atoms with Gasteiger partial charge in [0.05, 0.1) is 11.0 Å². The Hall–Kier alpha value is -7.18. The fourth-order valence-corrected chi connectivity index (χ4v) is 6.97. The molecule has 0 unspecified atom stereocenters. The van der Waals surface area contributed by atoms with Crippen LogP contribution in [-0.4, -0.2) is 24.5 Å². The van der Waals surface area contributed by atoms with Gasteiger partial charge in [0.2, 0.25) is 5.89 Å². The van der Waals surface area contributed by atoms with Crippen LogP contribution in [0.4, 0.5) is 0 Å². The van der Waals surface area contributed by atoms with Crippen molar-refractivity contribution in [2.75, 3.05) is 0 Å². The van der Waals surface area contributed by atoms with Gasteiger partial charge in [0.25, 0.3) is 0 Å². The van der Waals surface area contributed by atoms with Gasteiger partial charge in [-0.2, -0.15) is 0 Å². The van der Waals surface area contributed by atoms with Gasteiger partial charge in [0, 0.05) is 38.7 Å². The van der Waals surface area contributed by atoms with E-state index < -0.39 is 0 Å². The third-order valence-corrected chi connectivity index (χ3v) is 9.48. The summed E-state index contributed by atoms with van der Waals surface area (Å²) in [5.74, 6) is 2.35. The van der Waals surface area contributed by atoms with E-state index in [0.29, 0.717) is 28.9 Å². The molecule has 0 aliphatic rings. The Morgan fingerprint density at radius 1 is 0.365 bits per heavy atom. The predicted molar refractivity (Wildman–Crippen MR) is 209 cm³/mol. The Labute approximate surface area is 299 Å². The summed E-state index contributed by atoms with van der Waals surface area (Å²) in [6.45, 7) is 0. The van der Waals surface area contributed by atoms with Gasteiger partial charge in [-0.25, -0.2) is 19.9 Å². The molecule has 0 aliphatic carbocycles. The first-order valence-corrected chi connectivity index (χ1v) is 17.2. The molecule has 10 rings (SSSR count). The lowest BCUT2D eigenvalue weighted by molar-refractivity contribution is 0.620. The second kappa shape index (κ2) is 12.3. The molecule has 0 bridgehead atoms. The fraction of sp³-hybridized carbons (Fsp3) is 0. The van der Waals surface area contributed by atoms with E-state index in [2.05, 4.69) is 95.6 Å². The average molecular weight is 668 g/mol. The fourth-order valence-electron chi connectivity index (χ4n) is 6.97. The lowest BCUT2D eigenvalue weighted by Gasteiger charge is -2.09. The number of para-hydroxylation sites is 1. The third kappa shape index (κ3) is 5.22. The molecule has 3 heterocycles. The van der Waals surface area contributed by atoms with Crippen molar-refractivity contribution < 1.29 is 4.42 Å². The van der Waals surface area contributed by atoms with Crippen LogP contribution in [0.25, 0.3) is 95.3 Å². The van der Waals surface area contributed by atoms with E-state index in [1.165, 1.54) is 21.9 Å². The van der Waals surface area contributed by atoms with Crippen molar-refractivity contribution in [1.82, 2.24) is 24.5 Å². The van der Waals surface area contributed by atoms with E-state index in [-0.39, 0.29) is 0 Å². The minimum absolute atomic E-state index is 0.548. The van der Waals surface area contributed by atoms with Gasteiger partial charge in [-0.3, -0.25) is 0 Å². The number of oxazole rings is 1. The lowest BCUT2D eigenvalue weighted by Crippen LogP contribution is -2.00. The zero-order chi connectivity index (χ0) is 34.4. The Kier molecular flexibility index (Phi) is 7.03. The topological polar surface area (TPSA) is 69.6 Å². The molecule has 52 heavy (non-hydrogen) atoms. The maximum absolute atomic E-state index is 6.37. The zero-order valence-corrected chi connectivity index (χ0v) is 27.9. The predicted octanol–water partition coefficient (Wildman–Crippen LogP) is 11.4. The molecule has 244 valence electrons. The summed E-state index contributed by atoms with van der Waals surface area (Å²) in [6, 6.07) is 60.1. The van der Waals surface area contributed by atoms with E-state index in [4.69, 9.17) is 24.4 Å². The summed E-state index contributed by atoms with van der Waals surface area (Å²) in [7, 11) is 0. The van der Waals surface area contributed by atoms with Crippen molar-refractivity contribution in [1.29, 1.82) is 0 Å². The molecule has 0 aliphatic heterocycles. The maximum atomic E-state index is 6.37. The van der Waals surface area contributed by atoms with Gasteiger partial charge < -0.3 is 8.98 Å². The number of hydrogen-bond acceptors (Lipinski definition) is 5.